The maximum atomic E-state index is 3.99. The largest absolute Gasteiger partial charge is 0.379 e. The zero-order valence-electron chi connectivity index (χ0n) is 10.1. The van der Waals surface area contributed by atoms with Gasteiger partial charge < -0.3 is 10.2 Å². The van der Waals surface area contributed by atoms with E-state index in [0.29, 0.717) is 0 Å². The highest BCUT2D eigenvalue weighted by molar-refractivity contribution is 5.69. The summed E-state index contributed by atoms with van der Waals surface area (Å²) < 4.78 is 0. The van der Waals surface area contributed by atoms with Crippen LogP contribution in [0.4, 0.5) is 11.4 Å². The van der Waals surface area contributed by atoms with Crippen LogP contribution in [0.2, 0.25) is 0 Å². The number of para-hydroxylation sites is 2. The molecule has 2 aromatic rings. The molecule has 0 atom stereocenters. The number of hydrogen-bond acceptors (Lipinski definition) is 4. The molecule has 0 saturated heterocycles. The van der Waals surface area contributed by atoms with Crippen molar-refractivity contribution in [2.24, 2.45) is 0 Å². The van der Waals surface area contributed by atoms with Crippen LogP contribution in [0.1, 0.15) is 5.56 Å². The first kappa shape index (κ1) is 11.4. The Morgan fingerprint density at radius 1 is 1.12 bits per heavy atom. The maximum absolute atomic E-state index is 3.99. The van der Waals surface area contributed by atoms with Gasteiger partial charge in [0.2, 0.25) is 0 Å². The lowest BCUT2D eigenvalue weighted by molar-refractivity contribution is 1.04. The average molecular weight is 228 g/mol. The van der Waals surface area contributed by atoms with Crippen molar-refractivity contribution < 1.29 is 0 Å². The summed E-state index contributed by atoms with van der Waals surface area (Å²) in [5.41, 5.74) is 3.35. The van der Waals surface area contributed by atoms with Gasteiger partial charge in [0, 0.05) is 38.6 Å². The molecule has 17 heavy (non-hydrogen) atoms. The van der Waals surface area contributed by atoms with Crippen LogP contribution in [0.3, 0.4) is 0 Å². The molecule has 1 N–H and O–H groups in total. The second-order valence-electron chi connectivity index (χ2n) is 4.01. The molecule has 4 nitrogen and oxygen atoms in total. The number of benzene rings is 1. The zero-order chi connectivity index (χ0) is 12.1. The molecule has 0 aliphatic rings. The van der Waals surface area contributed by atoms with Crippen molar-refractivity contribution in [1.29, 1.82) is 0 Å². The van der Waals surface area contributed by atoms with Gasteiger partial charge >= 0.3 is 0 Å². The van der Waals surface area contributed by atoms with Gasteiger partial charge in [0.1, 0.15) is 6.33 Å². The third-order valence-corrected chi connectivity index (χ3v) is 2.48. The van der Waals surface area contributed by atoms with Crippen molar-refractivity contribution in [3.63, 3.8) is 0 Å². The van der Waals surface area contributed by atoms with E-state index in [1.165, 1.54) is 12.0 Å². The monoisotopic (exact) mass is 228 g/mol. The van der Waals surface area contributed by atoms with Crippen LogP contribution < -0.4 is 10.2 Å². The fourth-order valence-corrected chi connectivity index (χ4v) is 1.63. The predicted octanol–water partition coefficient (Wildman–Crippen LogP) is 2.15. The van der Waals surface area contributed by atoms with E-state index < -0.39 is 0 Å². The van der Waals surface area contributed by atoms with Crippen molar-refractivity contribution in [3.8, 4) is 0 Å². The second-order valence-corrected chi connectivity index (χ2v) is 4.01. The minimum Gasteiger partial charge on any atom is -0.379 e. The Morgan fingerprint density at radius 2 is 1.82 bits per heavy atom. The SMILES string of the molecule is CN(C)c1ccccc1NCc1cncnc1. The maximum Gasteiger partial charge on any atom is 0.115 e. The fraction of sp³-hybridized carbons (Fsp3) is 0.231. The summed E-state index contributed by atoms with van der Waals surface area (Å²) in [5.74, 6) is 0. The summed E-state index contributed by atoms with van der Waals surface area (Å²) in [6, 6.07) is 8.21. The molecule has 4 heteroatoms. The summed E-state index contributed by atoms with van der Waals surface area (Å²) in [5, 5.41) is 3.39. The molecule has 0 bridgehead atoms. The van der Waals surface area contributed by atoms with Crippen molar-refractivity contribution in [1.82, 2.24) is 9.97 Å². The molecular weight excluding hydrogens is 212 g/mol. The molecule has 0 radical (unpaired) electrons. The lowest BCUT2D eigenvalue weighted by Gasteiger charge is -2.18. The molecule has 0 amide bonds. The van der Waals surface area contributed by atoms with Crippen LogP contribution in [0, 0.1) is 0 Å². The van der Waals surface area contributed by atoms with E-state index in [2.05, 4.69) is 32.3 Å². The minimum atomic E-state index is 0.728. The molecule has 1 aromatic carbocycles. The highest BCUT2D eigenvalue weighted by Crippen LogP contribution is 2.23. The first-order chi connectivity index (χ1) is 8.27. The molecule has 1 aromatic heterocycles. The van der Waals surface area contributed by atoms with Crippen LogP contribution in [0.5, 0.6) is 0 Å². The summed E-state index contributed by atoms with van der Waals surface area (Å²) in [6.07, 6.45) is 5.17. The molecule has 0 aliphatic heterocycles. The molecular formula is C13H16N4. The summed E-state index contributed by atoms with van der Waals surface area (Å²) >= 11 is 0. The van der Waals surface area contributed by atoms with Crippen LogP contribution in [-0.4, -0.2) is 24.1 Å². The Balaban J connectivity index is 2.09. The lowest BCUT2D eigenvalue weighted by Crippen LogP contribution is -2.12. The van der Waals surface area contributed by atoms with Gasteiger partial charge in [-0.1, -0.05) is 12.1 Å². The summed E-state index contributed by atoms with van der Waals surface area (Å²) in [4.78, 5) is 10.1. The standard InChI is InChI=1S/C13H16N4/c1-17(2)13-6-4-3-5-12(13)16-9-11-7-14-10-15-8-11/h3-8,10,16H,9H2,1-2H3. The number of anilines is 2. The third kappa shape index (κ3) is 2.93. The van der Waals surface area contributed by atoms with Crippen molar-refractivity contribution in [3.05, 3.63) is 48.5 Å². The first-order valence-electron chi connectivity index (χ1n) is 5.51. The number of aromatic nitrogens is 2. The summed E-state index contributed by atoms with van der Waals surface area (Å²) in [6.45, 7) is 0.728. The van der Waals surface area contributed by atoms with E-state index >= 15 is 0 Å². The normalized spacial score (nSPS) is 10.0. The van der Waals surface area contributed by atoms with E-state index in [-0.39, 0.29) is 0 Å². The quantitative estimate of drug-likeness (QED) is 0.870. The van der Waals surface area contributed by atoms with E-state index in [9.17, 15) is 0 Å². The molecule has 2 rings (SSSR count). The molecule has 0 fully saturated rings. The molecule has 0 aliphatic carbocycles. The Hall–Kier alpha value is -2.10. The van der Waals surface area contributed by atoms with Crippen LogP contribution in [0.25, 0.3) is 0 Å². The number of rotatable bonds is 4. The molecule has 1 heterocycles. The van der Waals surface area contributed by atoms with Gasteiger partial charge in [-0.3, -0.25) is 0 Å². The van der Waals surface area contributed by atoms with Crippen molar-refractivity contribution >= 4 is 11.4 Å². The number of hydrogen-bond donors (Lipinski definition) is 1. The first-order valence-corrected chi connectivity index (χ1v) is 5.51. The van der Waals surface area contributed by atoms with Crippen molar-refractivity contribution in [2.75, 3.05) is 24.3 Å². The van der Waals surface area contributed by atoms with Gasteiger partial charge in [0.05, 0.1) is 11.4 Å². The molecule has 0 saturated carbocycles. The third-order valence-electron chi connectivity index (χ3n) is 2.48. The summed E-state index contributed by atoms with van der Waals surface area (Å²) in [7, 11) is 4.07. The van der Waals surface area contributed by atoms with E-state index in [0.717, 1.165) is 17.8 Å². The van der Waals surface area contributed by atoms with Gasteiger partial charge in [-0.05, 0) is 12.1 Å². The van der Waals surface area contributed by atoms with Gasteiger partial charge in [-0.15, -0.1) is 0 Å². The second kappa shape index (κ2) is 5.30. The van der Waals surface area contributed by atoms with Crippen molar-refractivity contribution in [2.45, 2.75) is 6.54 Å². The molecule has 0 spiro atoms. The Labute approximate surface area is 101 Å². The zero-order valence-corrected chi connectivity index (χ0v) is 10.1. The highest BCUT2D eigenvalue weighted by Gasteiger charge is 2.02. The van der Waals surface area contributed by atoms with Gasteiger partial charge in [-0.2, -0.15) is 0 Å². The van der Waals surface area contributed by atoms with Crippen LogP contribution in [0.15, 0.2) is 43.0 Å². The Bertz CT molecular complexity index is 468. The Kier molecular flexibility index (Phi) is 3.55. The minimum absolute atomic E-state index is 0.728. The topological polar surface area (TPSA) is 41.0 Å². The molecule has 88 valence electrons. The van der Waals surface area contributed by atoms with E-state index in [4.69, 9.17) is 0 Å². The predicted molar refractivity (Wildman–Crippen MR) is 70.1 cm³/mol. The lowest BCUT2D eigenvalue weighted by atomic mass is 10.2. The average Bonchev–Trinajstić information content (AvgIpc) is 2.38. The smallest absolute Gasteiger partial charge is 0.115 e. The van der Waals surface area contributed by atoms with Crippen LogP contribution >= 0.6 is 0 Å². The number of nitrogens with one attached hydrogen (secondary N) is 1. The van der Waals surface area contributed by atoms with Gasteiger partial charge in [0.25, 0.3) is 0 Å². The van der Waals surface area contributed by atoms with Gasteiger partial charge in [-0.25, -0.2) is 9.97 Å². The van der Waals surface area contributed by atoms with E-state index in [1.54, 1.807) is 0 Å². The van der Waals surface area contributed by atoms with Crippen LogP contribution in [-0.2, 0) is 6.54 Å². The number of nitrogens with zero attached hydrogens (tertiary/aromatic N) is 3. The Morgan fingerprint density at radius 3 is 2.53 bits per heavy atom. The van der Waals surface area contributed by atoms with Gasteiger partial charge in [0.15, 0.2) is 0 Å². The van der Waals surface area contributed by atoms with E-state index in [1.807, 2.05) is 38.6 Å². The molecule has 0 unspecified atom stereocenters. The fourth-order valence-electron chi connectivity index (χ4n) is 1.63. The highest BCUT2D eigenvalue weighted by atomic mass is 15.1.